The third kappa shape index (κ3) is 39.1. The number of carbonyl (C=O) groups excluding carboxylic acids is 4. The van der Waals surface area contributed by atoms with Crippen molar-refractivity contribution in [1.29, 1.82) is 0 Å². The average molecular weight is 773 g/mol. The maximum absolute atomic E-state index is 12.6. The van der Waals surface area contributed by atoms with Crippen LogP contribution >= 0.6 is 0 Å². The number of nitrogens with one attached hydrogen (secondary N) is 2. The Balaban J connectivity index is 4.35. The van der Waals surface area contributed by atoms with E-state index in [1.165, 1.54) is 103 Å². The van der Waals surface area contributed by atoms with Gasteiger partial charge in [-0.15, -0.1) is 0 Å². The average Bonchev–Trinajstić information content (AvgIpc) is 3.14. The summed E-state index contributed by atoms with van der Waals surface area (Å²) in [6.45, 7) is 9.37. The zero-order valence-electron chi connectivity index (χ0n) is 34.9. The Bertz CT molecular complexity index is 889. The number of amides is 2. The lowest BCUT2D eigenvalue weighted by Crippen LogP contribution is -2.34. The van der Waals surface area contributed by atoms with Crippen LogP contribution in [-0.2, 0) is 38.0 Å². The maximum atomic E-state index is 12.6. The van der Waals surface area contributed by atoms with E-state index in [-0.39, 0.29) is 50.8 Å². The Kier molecular flexibility index (Phi) is 38.1. The van der Waals surface area contributed by atoms with E-state index in [4.69, 9.17) is 28.4 Å². The molecule has 12 nitrogen and oxygen atoms in total. The fourth-order valence-electron chi connectivity index (χ4n) is 5.73. The van der Waals surface area contributed by atoms with Crippen molar-refractivity contribution in [2.45, 2.75) is 194 Å². The van der Waals surface area contributed by atoms with Gasteiger partial charge in [-0.25, -0.2) is 9.59 Å². The van der Waals surface area contributed by atoms with Crippen molar-refractivity contribution in [1.82, 2.24) is 10.6 Å². The molecule has 0 saturated heterocycles. The molecule has 0 heterocycles. The van der Waals surface area contributed by atoms with E-state index < -0.39 is 18.3 Å². The lowest BCUT2D eigenvalue weighted by Gasteiger charge is -2.18. The summed E-state index contributed by atoms with van der Waals surface area (Å²) in [6, 6.07) is 0. The van der Waals surface area contributed by atoms with Gasteiger partial charge in [0.25, 0.3) is 0 Å². The molecule has 0 aliphatic heterocycles. The first-order chi connectivity index (χ1) is 26.3. The summed E-state index contributed by atoms with van der Waals surface area (Å²) in [5, 5.41) is 5.19. The zero-order chi connectivity index (χ0) is 39.7. The van der Waals surface area contributed by atoms with Crippen LogP contribution < -0.4 is 10.6 Å². The van der Waals surface area contributed by atoms with E-state index in [1.54, 1.807) is 13.8 Å². The highest BCUT2D eigenvalue weighted by Gasteiger charge is 2.19. The molecule has 1 atom stereocenters. The van der Waals surface area contributed by atoms with E-state index in [0.717, 1.165) is 38.5 Å². The van der Waals surface area contributed by atoms with Crippen molar-refractivity contribution in [3.8, 4) is 0 Å². The van der Waals surface area contributed by atoms with Gasteiger partial charge < -0.3 is 39.1 Å². The van der Waals surface area contributed by atoms with E-state index in [0.29, 0.717) is 32.8 Å². The van der Waals surface area contributed by atoms with Crippen molar-refractivity contribution in [3.63, 3.8) is 0 Å². The molecular formula is C42H80N2O10. The van der Waals surface area contributed by atoms with Crippen molar-refractivity contribution in [3.05, 3.63) is 0 Å². The highest BCUT2D eigenvalue weighted by molar-refractivity contribution is 5.70. The van der Waals surface area contributed by atoms with Gasteiger partial charge in [-0.2, -0.15) is 0 Å². The van der Waals surface area contributed by atoms with Crippen molar-refractivity contribution < 1.29 is 47.6 Å². The monoisotopic (exact) mass is 773 g/mol. The van der Waals surface area contributed by atoms with Gasteiger partial charge in [0.05, 0.1) is 32.5 Å². The number of rotatable bonds is 39. The summed E-state index contributed by atoms with van der Waals surface area (Å²) < 4.78 is 32.1. The van der Waals surface area contributed by atoms with Crippen LogP contribution in [0.15, 0.2) is 0 Å². The molecule has 0 spiro atoms. The second-order valence-electron chi connectivity index (χ2n) is 14.5. The molecular weight excluding hydrogens is 692 g/mol. The number of ether oxygens (including phenoxy) is 6. The SMILES string of the molecule is CCCCCCCCCCCCCC(=O)OC[C@H](COC(=O)NCCOCCOCCNC(=O)OC(C)C)OC(=O)CCCCCCCCCCCCC. The van der Waals surface area contributed by atoms with Gasteiger partial charge in [-0.05, 0) is 26.7 Å². The summed E-state index contributed by atoms with van der Waals surface area (Å²) in [6.07, 6.45) is 24.6. The van der Waals surface area contributed by atoms with Crippen LogP contribution in [0.5, 0.6) is 0 Å². The summed E-state index contributed by atoms with van der Waals surface area (Å²) >= 11 is 0. The fourth-order valence-corrected chi connectivity index (χ4v) is 5.73. The molecule has 318 valence electrons. The van der Waals surface area contributed by atoms with Gasteiger partial charge in [-0.1, -0.05) is 142 Å². The number of alkyl carbamates (subject to hydrolysis) is 2. The summed E-state index contributed by atoms with van der Waals surface area (Å²) in [5.41, 5.74) is 0. The number of unbranched alkanes of at least 4 members (excludes halogenated alkanes) is 20. The van der Waals surface area contributed by atoms with Crippen LogP contribution in [-0.4, -0.2) is 89.1 Å². The van der Waals surface area contributed by atoms with Gasteiger partial charge >= 0.3 is 24.1 Å². The first kappa shape index (κ1) is 51.4. The highest BCUT2D eigenvalue weighted by Crippen LogP contribution is 2.14. The molecule has 12 heteroatoms. The smallest absolute Gasteiger partial charge is 0.407 e. The Morgan fingerprint density at radius 2 is 0.833 bits per heavy atom. The molecule has 0 bridgehead atoms. The highest BCUT2D eigenvalue weighted by atomic mass is 16.6. The van der Waals surface area contributed by atoms with Gasteiger partial charge in [0.1, 0.15) is 13.2 Å². The number of carbonyl (C=O) groups is 4. The second-order valence-corrected chi connectivity index (χ2v) is 14.5. The second kappa shape index (κ2) is 40.1. The van der Waals surface area contributed by atoms with Crippen molar-refractivity contribution in [2.24, 2.45) is 0 Å². The molecule has 0 unspecified atom stereocenters. The van der Waals surface area contributed by atoms with Crippen LogP contribution in [0.25, 0.3) is 0 Å². The number of hydrogen-bond acceptors (Lipinski definition) is 10. The summed E-state index contributed by atoms with van der Waals surface area (Å²) in [5.74, 6) is -0.726. The molecule has 0 aromatic carbocycles. The zero-order valence-corrected chi connectivity index (χ0v) is 34.9. The van der Waals surface area contributed by atoms with Crippen LogP contribution in [0.3, 0.4) is 0 Å². The molecule has 0 aromatic rings. The topological polar surface area (TPSA) is 148 Å². The molecule has 0 rings (SSSR count). The van der Waals surface area contributed by atoms with Crippen LogP contribution in [0.2, 0.25) is 0 Å². The predicted molar refractivity (Wildman–Crippen MR) is 214 cm³/mol. The van der Waals surface area contributed by atoms with Gasteiger partial charge in [-0.3, -0.25) is 9.59 Å². The first-order valence-electron chi connectivity index (χ1n) is 21.6. The summed E-state index contributed by atoms with van der Waals surface area (Å²) in [7, 11) is 0. The minimum absolute atomic E-state index is 0.161. The molecule has 0 aliphatic carbocycles. The standard InChI is InChI=1S/C42H80N2O10/c1-5-7-9-11-13-15-17-19-21-23-25-27-39(45)51-35-38(54-40(46)28-26-24-22-20-18-16-14-12-10-8-6-2)36-52-41(47)43-29-31-49-33-34-50-32-30-44-42(48)53-37(3)4/h37-38H,5-36H2,1-4H3,(H,43,47)(H,44,48)/t38-/m1/s1. The Labute approximate surface area is 328 Å². The fraction of sp³-hybridized carbons (Fsp3) is 0.905. The minimum Gasteiger partial charge on any atom is -0.462 e. The molecule has 0 aliphatic rings. The van der Waals surface area contributed by atoms with Gasteiger partial charge in [0, 0.05) is 25.9 Å². The van der Waals surface area contributed by atoms with E-state index >= 15 is 0 Å². The molecule has 0 radical (unpaired) electrons. The lowest BCUT2D eigenvalue weighted by molar-refractivity contribution is -0.161. The number of hydrogen-bond donors (Lipinski definition) is 2. The van der Waals surface area contributed by atoms with Crippen LogP contribution in [0.1, 0.15) is 182 Å². The normalized spacial score (nSPS) is 11.6. The Hall–Kier alpha value is -2.60. The quantitative estimate of drug-likeness (QED) is 0.0352. The van der Waals surface area contributed by atoms with E-state index in [2.05, 4.69) is 24.5 Å². The van der Waals surface area contributed by atoms with Crippen molar-refractivity contribution >= 4 is 24.1 Å². The van der Waals surface area contributed by atoms with Gasteiger partial charge in [0.15, 0.2) is 6.10 Å². The molecule has 2 amide bonds. The summed E-state index contributed by atoms with van der Waals surface area (Å²) in [4.78, 5) is 48.8. The molecule has 0 aromatic heterocycles. The minimum atomic E-state index is -0.882. The largest absolute Gasteiger partial charge is 0.462 e. The maximum Gasteiger partial charge on any atom is 0.407 e. The molecule has 0 saturated carbocycles. The number of esters is 2. The Morgan fingerprint density at radius 1 is 0.444 bits per heavy atom. The first-order valence-corrected chi connectivity index (χ1v) is 21.6. The van der Waals surface area contributed by atoms with Crippen molar-refractivity contribution in [2.75, 3.05) is 52.7 Å². The molecule has 54 heavy (non-hydrogen) atoms. The van der Waals surface area contributed by atoms with E-state index in [9.17, 15) is 19.2 Å². The third-order valence-electron chi connectivity index (χ3n) is 8.84. The third-order valence-corrected chi connectivity index (χ3v) is 8.84. The molecule has 0 fully saturated rings. The van der Waals surface area contributed by atoms with E-state index in [1.807, 2.05) is 0 Å². The van der Waals surface area contributed by atoms with Gasteiger partial charge in [0.2, 0.25) is 0 Å². The van der Waals surface area contributed by atoms with Crippen LogP contribution in [0.4, 0.5) is 9.59 Å². The van der Waals surface area contributed by atoms with Crippen LogP contribution in [0, 0.1) is 0 Å². The predicted octanol–water partition coefficient (Wildman–Crippen LogP) is 9.74. The lowest BCUT2D eigenvalue weighted by atomic mass is 10.1. The molecule has 2 N–H and O–H groups in total. The Morgan fingerprint density at radius 3 is 1.28 bits per heavy atom.